The number of aliphatic imine (C=N–C) groups is 1. The monoisotopic (exact) mass is 309 g/mol. The summed E-state index contributed by atoms with van der Waals surface area (Å²) in [6.45, 7) is 7.18. The second-order valence-electron chi connectivity index (χ2n) is 6.09. The molecule has 0 bridgehead atoms. The van der Waals surface area contributed by atoms with Gasteiger partial charge in [-0.3, -0.25) is 4.99 Å². The van der Waals surface area contributed by atoms with Crippen LogP contribution in [0.25, 0.3) is 0 Å². The Kier molecular flexibility index (Phi) is 4.77. The summed E-state index contributed by atoms with van der Waals surface area (Å²) in [4.78, 5) is 4.27. The molecule has 0 spiro atoms. The number of hydrogen-bond acceptors (Lipinski definition) is 3. The zero-order valence-electron chi connectivity index (χ0n) is 13.6. The maximum atomic E-state index is 6.05. The molecular formula is C20H23NO2. The second kappa shape index (κ2) is 6.97. The minimum atomic E-state index is -0.391. The lowest BCUT2D eigenvalue weighted by atomic mass is 9.84. The van der Waals surface area contributed by atoms with E-state index in [2.05, 4.69) is 42.9 Å². The van der Waals surface area contributed by atoms with Crippen molar-refractivity contribution in [3.8, 4) is 5.75 Å². The van der Waals surface area contributed by atoms with E-state index in [0.29, 0.717) is 6.61 Å². The highest BCUT2D eigenvalue weighted by atomic mass is 16.5. The fraction of sp³-hybridized carbons (Fsp3) is 0.350. The van der Waals surface area contributed by atoms with E-state index in [9.17, 15) is 0 Å². The zero-order chi connectivity index (χ0) is 16.1. The molecule has 2 atom stereocenters. The van der Waals surface area contributed by atoms with Gasteiger partial charge in [-0.05, 0) is 49.7 Å². The van der Waals surface area contributed by atoms with Crippen molar-refractivity contribution in [1.29, 1.82) is 0 Å². The highest BCUT2D eigenvalue weighted by Gasteiger charge is 2.38. The zero-order valence-corrected chi connectivity index (χ0v) is 13.6. The van der Waals surface area contributed by atoms with Crippen molar-refractivity contribution in [2.45, 2.75) is 38.0 Å². The molecular weight excluding hydrogens is 286 g/mol. The predicted molar refractivity (Wildman–Crippen MR) is 93.1 cm³/mol. The smallest absolute Gasteiger partial charge is 0.119 e. The first-order valence-corrected chi connectivity index (χ1v) is 8.09. The minimum Gasteiger partial charge on any atom is -0.489 e. The molecule has 0 amide bonds. The summed E-state index contributed by atoms with van der Waals surface area (Å²) in [7, 11) is 0. The Morgan fingerprint density at radius 1 is 1.17 bits per heavy atom. The molecule has 23 heavy (non-hydrogen) atoms. The molecule has 2 aromatic rings. The Morgan fingerprint density at radius 3 is 2.61 bits per heavy atom. The van der Waals surface area contributed by atoms with E-state index >= 15 is 0 Å². The number of benzene rings is 2. The largest absolute Gasteiger partial charge is 0.489 e. The van der Waals surface area contributed by atoms with Crippen molar-refractivity contribution in [2.75, 3.05) is 6.61 Å². The van der Waals surface area contributed by atoms with Crippen LogP contribution < -0.4 is 4.74 Å². The van der Waals surface area contributed by atoms with Gasteiger partial charge in [-0.1, -0.05) is 42.5 Å². The van der Waals surface area contributed by atoms with Crippen molar-refractivity contribution < 1.29 is 9.47 Å². The van der Waals surface area contributed by atoms with Crippen molar-refractivity contribution in [1.82, 2.24) is 0 Å². The Bertz CT molecular complexity index is 638. The minimum absolute atomic E-state index is 0.104. The highest BCUT2D eigenvalue weighted by molar-refractivity contribution is 5.34. The van der Waals surface area contributed by atoms with Gasteiger partial charge >= 0.3 is 0 Å². The van der Waals surface area contributed by atoms with Gasteiger partial charge in [0.2, 0.25) is 0 Å². The van der Waals surface area contributed by atoms with Crippen molar-refractivity contribution >= 4 is 6.72 Å². The van der Waals surface area contributed by atoms with Crippen LogP contribution in [0.15, 0.2) is 59.6 Å². The molecule has 3 rings (SSSR count). The maximum Gasteiger partial charge on any atom is 0.119 e. The summed E-state index contributed by atoms with van der Waals surface area (Å²) >= 11 is 0. The third kappa shape index (κ3) is 3.45. The van der Waals surface area contributed by atoms with E-state index in [1.165, 1.54) is 0 Å². The van der Waals surface area contributed by atoms with Crippen LogP contribution in [0.4, 0.5) is 0 Å². The maximum absolute atomic E-state index is 6.05. The predicted octanol–water partition coefficient (Wildman–Crippen LogP) is 4.36. The molecule has 120 valence electrons. The van der Waals surface area contributed by atoms with Gasteiger partial charge in [0.25, 0.3) is 0 Å². The molecule has 3 heteroatoms. The van der Waals surface area contributed by atoms with Crippen LogP contribution >= 0.6 is 0 Å². The first kappa shape index (κ1) is 15.8. The molecule has 1 saturated heterocycles. The third-order valence-electron chi connectivity index (χ3n) is 4.56. The molecule has 0 N–H and O–H groups in total. The summed E-state index contributed by atoms with van der Waals surface area (Å²) in [6.07, 6.45) is 2.06. The van der Waals surface area contributed by atoms with E-state index in [0.717, 1.165) is 36.3 Å². The fourth-order valence-corrected chi connectivity index (χ4v) is 3.10. The Morgan fingerprint density at radius 2 is 1.91 bits per heavy atom. The van der Waals surface area contributed by atoms with Crippen LogP contribution in [0.1, 0.15) is 30.9 Å². The molecule has 0 aromatic heterocycles. The Balaban J connectivity index is 1.70. The van der Waals surface area contributed by atoms with E-state index in [1.54, 1.807) is 0 Å². The lowest BCUT2D eigenvalue weighted by Crippen LogP contribution is -2.42. The third-order valence-corrected chi connectivity index (χ3v) is 4.56. The van der Waals surface area contributed by atoms with Crippen LogP contribution in [0, 0.1) is 0 Å². The second-order valence-corrected chi connectivity index (χ2v) is 6.09. The first-order valence-electron chi connectivity index (χ1n) is 8.09. The lowest BCUT2D eigenvalue weighted by Gasteiger charge is -2.39. The first-order chi connectivity index (χ1) is 11.2. The van der Waals surface area contributed by atoms with Crippen LogP contribution in [-0.2, 0) is 16.9 Å². The highest BCUT2D eigenvalue weighted by Crippen LogP contribution is 2.37. The summed E-state index contributed by atoms with van der Waals surface area (Å²) in [5, 5.41) is 0. The molecule has 1 aliphatic rings. The summed E-state index contributed by atoms with van der Waals surface area (Å²) < 4.78 is 11.9. The van der Waals surface area contributed by atoms with Crippen LogP contribution in [-0.4, -0.2) is 19.4 Å². The molecule has 0 radical (unpaired) electrons. The van der Waals surface area contributed by atoms with Gasteiger partial charge in [-0.15, -0.1) is 0 Å². The summed E-state index contributed by atoms with van der Waals surface area (Å²) in [5.41, 5.74) is 1.90. The van der Waals surface area contributed by atoms with E-state index in [1.807, 2.05) is 30.3 Å². The molecule has 0 saturated carbocycles. The van der Waals surface area contributed by atoms with Gasteiger partial charge in [-0.2, -0.15) is 0 Å². The average molecular weight is 309 g/mol. The summed E-state index contributed by atoms with van der Waals surface area (Å²) in [6, 6.07) is 18.4. The van der Waals surface area contributed by atoms with Crippen LogP contribution in [0.2, 0.25) is 0 Å². The van der Waals surface area contributed by atoms with E-state index in [-0.39, 0.29) is 6.04 Å². The van der Waals surface area contributed by atoms with E-state index in [4.69, 9.17) is 9.47 Å². The molecule has 0 aliphatic carbocycles. The number of ether oxygens (including phenoxy) is 2. The van der Waals surface area contributed by atoms with Gasteiger partial charge in [0.05, 0.1) is 6.04 Å². The summed E-state index contributed by atoms with van der Waals surface area (Å²) in [5.74, 6) is 0.861. The molecule has 2 aromatic carbocycles. The quantitative estimate of drug-likeness (QED) is 0.768. The topological polar surface area (TPSA) is 30.8 Å². The normalized spacial score (nSPS) is 24.1. The SMILES string of the molecule is C=NC1CCCOC1(C)c1ccc(OCc2ccccc2)cc1. The van der Waals surface area contributed by atoms with Crippen LogP contribution in [0.5, 0.6) is 5.75 Å². The molecule has 1 fully saturated rings. The van der Waals surface area contributed by atoms with Gasteiger partial charge in [-0.25, -0.2) is 0 Å². The molecule has 3 nitrogen and oxygen atoms in total. The Hall–Kier alpha value is -2.13. The average Bonchev–Trinajstić information content (AvgIpc) is 2.61. The molecule has 1 aliphatic heterocycles. The number of hydrogen-bond donors (Lipinski definition) is 0. The van der Waals surface area contributed by atoms with Gasteiger partial charge in [0.1, 0.15) is 18.0 Å². The molecule has 2 unspecified atom stereocenters. The van der Waals surface area contributed by atoms with Gasteiger partial charge in [0.15, 0.2) is 0 Å². The Labute approximate surface area is 138 Å². The van der Waals surface area contributed by atoms with Crippen LogP contribution in [0.3, 0.4) is 0 Å². The number of nitrogens with zero attached hydrogens (tertiary/aromatic N) is 1. The lowest BCUT2D eigenvalue weighted by molar-refractivity contribution is -0.0834. The standard InChI is InChI=1S/C20H23NO2/c1-20(19(21-2)9-6-14-23-20)17-10-12-18(13-11-17)22-15-16-7-4-3-5-8-16/h3-5,7-8,10-13,19H,2,6,9,14-15H2,1H3. The molecule has 1 heterocycles. The van der Waals surface area contributed by atoms with Gasteiger partial charge in [0, 0.05) is 6.61 Å². The van der Waals surface area contributed by atoms with Crippen molar-refractivity contribution in [3.05, 3.63) is 65.7 Å². The van der Waals surface area contributed by atoms with E-state index < -0.39 is 5.60 Å². The van der Waals surface area contributed by atoms with Crippen molar-refractivity contribution in [3.63, 3.8) is 0 Å². The fourth-order valence-electron chi connectivity index (χ4n) is 3.10. The number of rotatable bonds is 5. The van der Waals surface area contributed by atoms with Crippen molar-refractivity contribution in [2.24, 2.45) is 4.99 Å². The van der Waals surface area contributed by atoms with Gasteiger partial charge < -0.3 is 9.47 Å².